The monoisotopic (exact) mass is 460 g/mol. The number of phenols is 2. The van der Waals surface area contributed by atoms with Gasteiger partial charge in [0.2, 0.25) is 11.0 Å². The second-order valence-electron chi connectivity index (χ2n) is 7.03. The summed E-state index contributed by atoms with van der Waals surface area (Å²) in [4.78, 5) is 0. The topological polar surface area (TPSA) is 113 Å². The van der Waals surface area contributed by atoms with Crippen LogP contribution in [0.2, 0.25) is 0 Å². The standard InChI is InChI=1S/2C10H9NO2.C6H6O2/c2*1-13-9-4-5-10-8(7-9)3-2-6-11(10)12;7-5-1-2-6(8)4-3-5/h2*2-7H,1H3;1-4,7-8H. The van der Waals surface area contributed by atoms with Crippen LogP contribution in [0.1, 0.15) is 0 Å². The van der Waals surface area contributed by atoms with E-state index in [4.69, 9.17) is 19.7 Å². The third-order valence-corrected chi connectivity index (χ3v) is 4.79. The van der Waals surface area contributed by atoms with Crippen molar-refractivity contribution in [1.82, 2.24) is 0 Å². The Morgan fingerprint density at radius 2 is 0.971 bits per heavy atom. The maximum atomic E-state index is 11.3. The molecule has 2 N–H and O–H groups in total. The molecule has 3 aromatic carbocycles. The number of benzene rings is 3. The Labute approximate surface area is 196 Å². The molecule has 0 aliphatic rings. The summed E-state index contributed by atoms with van der Waals surface area (Å²) in [5.41, 5.74) is 1.31. The van der Waals surface area contributed by atoms with Gasteiger partial charge in [-0.1, -0.05) is 0 Å². The summed E-state index contributed by atoms with van der Waals surface area (Å²) in [5, 5.41) is 41.6. The molecule has 5 rings (SSSR count). The number of pyridine rings is 2. The lowest BCUT2D eigenvalue weighted by atomic mass is 10.2. The van der Waals surface area contributed by atoms with Gasteiger partial charge in [0.25, 0.3) is 0 Å². The predicted octanol–water partition coefficient (Wildman–Crippen LogP) is 4.06. The fourth-order valence-corrected chi connectivity index (χ4v) is 3.05. The normalized spacial score (nSPS) is 9.94. The van der Waals surface area contributed by atoms with E-state index in [0.717, 1.165) is 31.7 Å². The SMILES string of the molecule is COc1ccc2c(ccc[n+]2[O-])c1.COc1ccc2c(ccc[n+]2[O-])c1.Oc1ccc(O)cc1. The van der Waals surface area contributed by atoms with Crippen LogP contribution in [0, 0.1) is 10.4 Å². The summed E-state index contributed by atoms with van der Waals surface area (Å²) in [7, 11) is 3.21. The first-order valence-corrected chi connectivity index (χ1v) is 10.2. The van der Waals surface area contributed by atoms with Crippen molar-refractivity contribution in [3.05, 3.63) is 108 Å². The molecule has 0 aliphatic heterocycles. The molecule has 0 radical (unpaired) electrons. The Balaban J connectivity index is 0.000000148. The van der Waals surface area contributed by atoms with Crippen LogP contribution >= 0.6 is 0 Å². The van der Waals surface area contributed by atoms with Gasteiger partial charge >= 0.3 is 0 Å². The smallest absolute Gasteiger partial charge is 0.223 e. The third-order valence-electron chi connectivity index (χ3n) is 4.79. The minimum atomic E-state index is 0.169. The highest BCUT2D eigenvalue weighted by atomic mass is 16.5. The van der Waals surface area contributed by atoms with Gasteiger partial charge in [-0.25, -0.2) is 0 Å². The first-order chi connectivity index (χ1) is 16.4. The van der Waals surface area contributed by atoms with Gasteiger partial charge < -0.3 is 30.1 Å². The van der Waals surface area contributed by atoms with Crippen molar-refractivity contribution in [2.45, 2.75) is 0 Å². The molecule has 0 saturated heterocycles. The van der Waals surface area contributed by atoms with E-state index in [2.05, 4.69) is 0 Å². The molecular weight excluding hydrogens is 436 g/mol. The average Bonchev–Trinajstić information content (AvgIpc) is 2.86. The fourth-order valence-electron chi connectivity index (χ4n) is 3.05. The summed E-state index contributed by atoms with van der Waals surface area (Å²) in [5.74, 6) is 1.86. The van der Waals surface area contributed by atoms with E-state index in [1.165, 1.54) is 36.7 Å². The average molecular weight is 460 g/mol. The first kappa shape index (κ1) is 23.9. The maximum Gasteiger partial charge on any atom is 0.223 e. The summed E-state index contributed by atoms with van der Waals surface area (Å²) < 4.78 is 11.8. The molecule has 8 heteroatoms. The Morgan fingerprint density at radius 3 is 1.32 bits per heavy atom. The Hall–Kier alpha value is -4.72. The van der Waals surface area contributed by atoms with E-state index >= 15 is 0 Å². The number of hydrogen-bond donors (Lipinski definition) is 2. The highest BCUT2D eigenvalue weighted by Gasteiger charge is 2.03. The highest BCUT2D eigenvalue weighted by molar-refractivity contribution is 5.77. The molecule has 0 atom stereocenters. The van der Waals surface area contributed by atoms with Crippen LogP contribution in [0.5, 0.6) is 23.0 Å². The number of fused-ring (bicyclic) bond motifs is 2. The molecule has 0 bridgehead atoms. The van der Waals surface area contributed by atoms with Crippen LogP contribution in [-0.2, 0) is 0 Å². The molecule has 0 spiro atoms. The molecule has 5 aromatic rings. The van der Waals surface area contributed by atoms with Crippen LogP contribution in [0.25, 0.3) is 21.8 Å². The molecule has 2 aromatic heterocycles. The Morgan fingerprint density at radius 1 is 0.588 bits per heavy atom. The number of aromatic nitrogens is 2. The lowest BCUT2D eigenvalue weighted by molar-refractivity contribution is -0.577. The zero-order chi connectivity index (χ0) is 24.5. The zero-order valence-corrected chi connectivity index (χ0v) is 18.7. The number of ether oxygens (including phenoxy) is 2. The van der Waals surface area contributed by atoms with Crippen LogP contribution in [0.15, 0.2) is 97.3 Å². The second kappa shape index (κ2) is 11.2. The van der Waals surface area contributed by atoms with Crippen molar-refractivity contribution in [1.29, 1.82) is 0 Å². The summed E-state index contributed by atoms with van der Waals surface area (Å²) in [6.45, 7) is 0. The number of methoxy groups -OCH3 is 2. The quantitative estimate of drug-likeness (QED) is 0.233. The summed E-state index contributed by atoms with van der Waals surface area (Å²) >= 11 is 0. The largest absolute Gasteiger partial charge is 0.618 e. The summed E-state index contributed by atoms with van der Waals surface area (Å²) in [6, 6.07) is 23.6. The van der Waals surface area contributed by atoms with Gasteiger partial charge in [0.15, 0.2) is 12.4 Å². The summed E-state index contributed by atoms with van der Waals surface area (Å²) in [6.07, 6.45) is 2.96. The number of rotatable bonds is 2. The number of hydrogen-bond acceptors (Lipinski definition) is 6. The van der Waals surface area contributed by atoms with Crippen LogP contribution in [0.3, 0.4) is 0 Å². The van der Waals surface area contributed by atoms with Gasteiger partial charge in [0.05, 0.1) is 25.0 Å². The lowest BCUT2D eigenvalue weighted by Crippen LogP contribution is -2.25. The second-order valence-corrected chi connectivity index (χ2v) is 7.03. The molecule has 34 heavy (non-hydrogen) atoms. The van der Waals surface area contributed by atoms with E-state index in [1.54, 1.807) is 50.6 Å². The minimum absolute atomic E-state index is 0.169. The molecule has 174 valence electrons. The van der Waals surface area contributed by atoms with Crippen LogP contribution < -0.4 is 18.9 Å². The number of phenolic OH excluding ortho intramolecular Hbond substituents is 2. The van der Waals surface area contributed by atoms with Gasteiger partial charge in [0, 0.05) is 24.3 Å². The molecule has 8 nitrogen and oxygen atoms in total. The van der Waals surface area contributed by atoms with Crippen molar-refractivity contribution in [3.8, 4) is 23.0 Å². The first-order valence-electron chi connectivity index (χ1n) is 10.2. The van der Waals surface area contributed by atoms with Crippen molar-refractivity contribution in [3.63, 3.8) is 0 Å². The van der Waals surface area contributed by atoms with Gasteiger partial charge in [-0.2, -0.15) is 9.46 Å². The van der Waals surface area contributed by atoms with Crippen LogP contribution in [0.4, 0.5) is 0 Å². The Bertz CT molecular complexity index is 1270. The van der Waals surface area contributed by atoms with Crippen molar-refractivity contribution < 1.29 is 29.1 Å². The molecule has 0 aliphatic carbocycles. The third kappa shape index (κ3) is 6.17. The molecule has 0 amide bonds. The van der Waals surface area contributed by atoms with E-state index < -0.39 is 0 Å². The van der Waals surface area contributed by atoms with Gasteiger partial charge in [0.1, 0.15) is 23.0 Å². The van der Waals surface area contributed by atoms with E-state index in [0.29, 0.717) is 11.0 Å². The van der Waals surface area contributed by atoms with Gasteiger partial charge in [-0.3, -0.25) is 0 Å². The van der Waals surface area contributed by atoms with Crippen LogP contribution in [-0.4, -0.2) is 24.4 Å². The molecule has 0 unspecified atom stereocenters. The van der Waals surface area contributed by atoms with E-state index in [1.807, 2.05) is 24.3 Å². The minimum Gasteiger partial charge on any atom is -0.618 e. The zero-order valence-electron chi connectivity index (χ0n) is 18.7. The van der Waals surface area contributed by atoms with Crippen molar-refractivity contribution in [2.24, 2.45) is 0 Å². The molecule has 0 saturated carbocycles. The van der Waals surface area contributed by atoms with Crippen molar-refractivity contribution in [2.75, 3.05) is 14.2 Å². The fraction of sp³-hybridized carbons (Fsp3) is 0.0769. The van der Waals surface area contributed by atoms with E-state index in [-0.39, 0.29) is 11.5 Å². The number of aromatic hydroxyl groups is 2. The van der Waals surface area contributed by atoms with Gasteiger partial charge in [-0.05, 0) is 60.7 Å². The highest BCUT2D eigenvalue weighted by Crippen LogP contribution is 2.18. The van der Waals surface area contributed by atoms with Gasteiger partial charge in [-0.15, -0.1) is 0 Å². The predicted molar refractivity (Wildman–Crippen MR) is 129 cm³/mol. The Kier molecular flexibility index (Phi) is 7.91. The molecule has 0 fully saturated rings. The van der Waals surface area contributed by atoms with Crippen molar-refractivity contribution >= 4 is 21.8 Å². The molecular formula is C26H24N2O6. The maximum absolute atomic E-state index is 11.3. The lowest BCUT2D eigenvalue weighted by Gasteiger charge is -2.02. The number of nitrogens with zero attached hydrogens (tertiary/aromatic N) is 2. The van der Waals surface area contributed by atoms with E-state index in [9.17, 15) is 10.4 Å². The molecule has 2 heterocycles.